The Balaban J connectivity index is 1.70. The number of fused-ring (bicyclic) bond motifs is 1. The van der Waals surface area contributed by atoms with Crippen molar-refractivity contribution in [3.63, 3.8) is 0 Å². The van der Waals surface area contributed by atoms with E-state index in [0.29, 0.717) is 11.7 Å². The summed E-state index contributed by atoms with van der Waals surface area (Å²) in [6.07, 6.45) is 7.74. The van der Waals surface area contributed by atoms with Crippen LogP contribution in [0.4, 0.5) is 17.2 Å². The fourth-order valence-electron chi connectivity index (χ4n) is 3.95. The van der Waals surface area contributed by atoms with E-state index < -0.39 is 0 Å². The van der Waals surface area contributed by atoms with Crippen LogP contribution in [-0.2, 0) is 0 Å². The molecule has 0 amide bonds. The van der Waals surface area contributed by atoms with Gasteiger partial charge in [-0.25, -0.2) is 9.50 Å². The minimum absolute atomic E-state index is 0.146. The summed E-state index contributed by atoms with van der Waals surface area (Å²) in [5, 5.41) is 8.06. The highest BCUT2D eigenvalue weighted by Crippen LogP contribution is 2.41. The van der Waals surface area contributed by atoms with Crippen molar-refractivity contribution in [2.24, 2.45) is 5.73 Å². The summed E-state index contributed by atoms with van der Waals surface area (Å²) >= 11 is 0. The third-order valence-electron chi connectivity index (χ3n) is 5.28. The summed E-state index contributed by atoms with van der Waals surface area (Å²) in [6, 6.07) is 8.23. The third-order valence-corrected chi connectivity index (χ3v) is 5.28. The van der Waals surface area contributed by atoms with Crippen LogP contribution in [0.1, 0.15) is 51.0 Å². The largest absolute Gasteiger partial charge is 0.491 e. The van der Waals surface area contributed by atoms with Gasteiger partial charge in [0.05, 0.1) is 11.8 Å². The van der Waals surface area contributed by atoms with Crippen molar-refractivity contribution in [3.8, 4) is 5.75 Å². The van der Waals surface area contributed by atoms with Gasteiger partial charge in [-0.05, 0) is 69.7 Å². The molecule has 0 atom stereocenters. The molecule has 0 bridgehead atoms. The molecule has 0 aliphatic heterocycles. The Hall–Kier alpha value is -2.80. The van der Waals surface area contributed by atoms with Gasteiger partial charge in [-0.15, -0.1) is 5.10 Å². The second-order valence-corrected chi connectivity index (χ2v) is 7.80. The number of hydrogen-bond acceptors (Lipinski definition) is 6. The first-order valence-corrected chi connectivity index (χ1v) is 9.93. The van der Waals surface area contributed by atoms with Gasteiger partial charge in [-0.2, -0.15) is 0 Å². The van der Waals surface area contributed by atoms with Crippen LogP contribution in [0, 0.1) is 0 Å². The van der Waals surface area contributed by atoms with Crippen LogP contribution < -0.4 is 21.5 Å². The van der Waals surface area contributed by atoms with Gasteiger partial charge < -0.3 is 21.5 Å². The Kier molecular flexibility index (Phi) is 5.09. The van der Waals surface area contributed by atoms with E-state index in [0.717, 1.165) is 54.0 Å². The molecule has 3 aromatic rings. The molecule has 5 N–H and O–H groups in total. The average Bonchev–Trinajstić information content (AvgIpc) is 3.12. The number of nitrogens with one attached hydrogen (secondary N) is 1. The van der Waals surface area contributed by atoms with Gasteiger partial charge in [0.1, 0.15) is 11.6 Å². The molecule has 1 aliphatic carbocycles. The lowest BCUT2D eigenvalue weighted by Gasteiger charge is -2.28. The van der Waals surface area contributed by atoms with E-state index in [1.165, 1.54) is 0 Å². The van der Waals surface area contributed by atoms with Crippen LogP contribution in [0.3, 0.4) is 0 Å². The number of rotatable bonds is 5. The number of benzene rings is 1. The number of nitrogens with two attached hydrogens (primary N) is 2. The first-order valence-electron chi connectivity index (χ1n) is 9.93. The summed E-state index contributed by atoms with van der Waals surface area (Å²) in [4.78, 5) is 4.52. The molecule has 0 radical (unpaired) electrons. The molecular formula is C21H28N6O. The van der Waals surface area contributed by atoms with Crippen molar-refractivity contribution in [2.45, 2.75) is 57.6 Å². The molecule has 0 saturated heterocycles. The highest BCUT2D eigenvalue weighted by Gasteiger charge is 2.27. The fourth-order valence-corrected chi connectivity index (χ4v) is 3.95. The molecule has 0 spiro atoms. The predicted octanol–water partition coefficient (Wildman–Crippen LogP) is 3.83. The molecule has 4 rings (SSSR count). The van der Waals surface area contributed by atoms with Crippen LogP contribution in [0.2, 0.25) is 0 Å². The van der Waals surface area contributed by atoms with Crippen LogP contribution in [0.15, 0.2) is 36.7 Å². The molecule has 1 fully saturated rings. The summed E-state index contributed by atoms with van der Waals surface area (Å²) in [5.74, 6) is 1.73. The fraction of sp³-hybridized carbons (Fsp3) is 0.429. The SMILES string of the molecule is CC(C)Oc1ccc(Nc2c3nccn3nc(N)c2[C@H]2CC[C@H](N)CC2)cc1. The molecule has 1 aromatic carbocycles. The van der Waals surface area contributed by atoms with Crippen molar-refractivity contribution in [2.75, 3.05) is 11.1 Å². The Morgan fingerprint density at radius 2 is 1.86 bits per heavy atom. The molecular weight excluding hydrogens is 352 g/mol. The molecule has 1 saturated carbocycles. The highest BCUT2D eigenvalue weighted by atomic mass is 16.5. The van der Waals surface area contributed by atoms with Crippen LogP contribution >= 0.6 is 0 Å². The van der Waals surface area contributed by atoms with E-state index in [4.69, 9.17) is 16.2 Å². The highest BCUT2D eigenvalue weighted by molar-refractivity contribution is 5.80. The molecule has 2 heterocycles. The van der Waals surface area contributed by atoms with Gasteiger partial charge in [0.2, 0.25) is 0 Å². The van der Waals surface area contributed by atoms with Crippen molar-refractivity contribution in [1.82, 2.24) is 14.6 Å². The van der Waals surface area contributed by atoms with Crippen LogP contribution in [-0.4, -0.2) is 26.7 Å². The lowest BCUT2D eigenvalue weighted by molar-refractivity contribution is 0.242. The topological polar surface area (TPSA) is 103 Å². The van der Waals surface area contributed by atoms with Crippen LogP contribution in [0.25, 0.3) is 5.65 Å². The Morgan fingerprint density at radius 3 is 2.54 bits per heavy atom. The van der Waals surface area contributed by atoms with E-state index in [1.54, 1.807) is 10.7 Å². The molecule has 7 nitrogen and oxygen atoms in total. The van der Waals surface area contributed by atoms with Crippen molar-refractivity contribution >= 4 is 22.8 Å². The Morgan fingerprint density at radius 1 is 1.14 bits per heavy atom. The zero-order chi connectivity index (χ0) is 19.7. The standard InChI is InChI=1S/C21H28N6O/c1-13(2)28-17-9-7-16(8-10-17)25-19-18(14-3-5-15(22)6-4-14)20(23)26-27-12-11-24-21(19)27/h7-15,25H,3-6,22H2,1-2H3,(H2,23,26)/t14-,15-. The first-order chi connectivity index (χ1) is 13.5. The predicted molar refractivity (Wildman–Crippen MR) is 112 cm³/mol. The van der Waals surface area contributed by atoms with Gasteiger partial charge in [-0.1, -0.05) is 0 Å². The van der Waals surface area contributed by atoms with Crippen molar-refractivity contribution in [1.29, 1.82) is 0 Å². The molecule has 2 aromatic heterocycles. The minimum atomic E-state index is 0.146. The normalized spacial score (nSPS) is 19.9. The van der Waals surface area contributed by atoms with Gasteiger partial charge in [0.25, 0.3) is 0 Å². The molecule has 148 valence electrons. The maximum atomic E-state index is 6.39. The molecule has 0 unspecified atom stereocenters. The number of anilines is 3. The number of nitrogen functional groups attached to an aromatic ring is 1. The zero-order valence-corrected chi connectivity index (χ0v) is 16.4. The Labute approximate surface area is 165 Å². The quantitative estimate of drug-likeness (QED) is 0.621. The molecule has 1 aliphatic rings. The van der Waals surface area contributed by atoms with Gasteiger partial charge in [0, 0.05) is 29.7 Å². The molecule has 28 heavy (non-hydrogen) atoms. The summed E-state index contributed by atoms with van der Waals surface area (Å²) in [7, 11) is 0. The number of ether oxygens (including phenoxy) is 1. The second kappa shape index (κ2) is 7.67. The average molecular weight is 380 g/mol. The van der Waals surface area contributed by atoms with Crippen molar-refractivity contribution < 1.29 is 4.74 Å². The van der Waals surface area contributed by atoms with Crippen molar-refractivity contribution in [3.05, 3.63) is 42.2 Å². The summed E-state index contributed by atoms with van der Waals surface area (Å²) in [5.41, 5.74) is 16.2. The minimum Gasteiger partial charge on any atom is -0.491 e. The first kappa shape index (κ1) is 18.6. The smallest absolute Gasteiger partial charge is 0.177 e. The monoisotopic (exact) mass is 380 g/mol. The van der Waals surface area contributed by atoms with E-state index >= 15 is 0 Å². The zero-order valence-electron chi connectivity index (χ0n) is 16.4. The molecule has 7 heteroatoms. The van der Waals surface area contributed by atoms with E-state index in [9.17, 15) is 0 Å². The van der Waals surface area contributed by atoms with Gasteiger partial charge in [-0.3, -0.25) is 0 Å². The van der Waals surface area contributed by atoms with Crippen LogP contribution in [0.5, 0.6) is 5.75 Å². The summed E-state index contributed by atoms with van der Waals surface area (Å²) < 4.78 is 7.47. The lowest BCUT2D eigenvalue weighted by atomic mass is 9.81. The van der Waals surface area contributed by atoms with Gasteiger partial charge >= 0.3 is 0 Å². The maximum absolute atomic E-state index is 6.39. The Bertz CT molecular complexity index is 941. The van der Waals surface area contributed by atoms with E-state index in [-0.39, 0.29) is 12.1 Å². The lowest BCUT2D eigenvalue weighted by Crippen LogP contribution is -2.26. The number of aromatic nitrogens is 3. The van der Waals surface area contributed by atoms with E-state index in [1.807, 2.05) is 44.3 Å². The number of nitrogens with zero attached hydrogens (tertiary/aromatic N) is 3. The van der Waals surface area contributed by atoms with E-state index in [2.05, 4.69) is 15.4 Å². The second-order valence-electron chi connectivity index (χ2n) is 7.80. The number of imidazole rings is 1. The maximum Gasteiger partial charge on any atom is 0.177 e. The van der Waals surface area contributed by atoms with Gasteiger partial charge in [0.15, 0.2) is 5.65 Å². The summed E-state index contributed by atoms with van der Waals surface area (Å²) in [6.45, 7) is 4.03. The number of hydrogen-bond donors (Lipinski definition) is 3. The third kappa shape index (κ3) is 3.75.